The molecule has 1 fully saturated rings. The first-order chi connectivity index (χ1) is 16.6. The van der Waals surface area contributed by atoms with E-state index < -0.39 is 0 Å². The number of benzene rings is 2. The third-order valence-electron chi connectivity index (χ3n) is 5.84. The number of hydrogen-bond donors (Lipinski definition) is 2. The Morgan fingerprint density at radius 1 is 0.912 bits per heavy atom. The number of rotatable bonds is 7. The molecule has 0 radical (unpaired) electrons. The molecule has 0 amide bonds. The molecule has 0 saturated carbocycles. The number of aryl methyl sites for hydroxylation is 1. The van der Waals surface area contributed by atoms with E-state index in [2.05, 4.69) is 44.5 Å². The predicted octanol–water partition coefficient (Wildman–Crippen LogP) is 4.25. The van der Waals surface area contributed by atoms with Gasteiger partial charge in [0.25, 0.3) is 0 Å². The van der Waals surface area contributed by atoms with Gasteiger partial charge in [0.05, 0.1) is 0 Å². The smallest absolute Gasteiger partial charge is 0.164 e. The molecule has 174 valence electrons. The molecule has 5 rings (SSSR count). The van der Waals surface area contributed by atoms with E-state index in [0.717, 1.165) is 60.4 Å². The fourth-order valence-electron chi connectivity index (χ4n) is 3.90. The van der Waals surface area contributed by atoms with E-state index in [-0.39, 0.29) is 0 Å². The minimum absolute atomic E-state index is 0.512. The third kappa shape index (κ3) is 5.35. The largest absolute Gasteiger partial charge is 0.489 e. The van der Waals surface area contributed by atoms with Crippen molar-refractivity contribution in [1.82, 2.24) is 25.1 Å². The molecule has 1 aliphatic rings. The van der Waals surface area contributed by atoms with Crippen molar-refractivity contribution < 1.29 is 4.74 Å². The van der Waals surface area contributed by atoms with Crippen molar-refractivity contribution in [2.75, 3.05) is 43.4 Å². The minimum Gasteiger partial charge on any atom is -0.489 e. The molecule has 2 aromatic carbocycles. The third-order valence-corrected chi connectivity index (χ3v) is 5.84. The normalized spacial score (nSPS) is 14.2. The zero-order valence-corrected chi connectivity index (χ0v) is 19.5. The summed E-state index contributed by atoms with van der Waals surface area (Å²) in [6.07, 6.45) is 0. The summed E-state index contributed by atoms with van der Waals surface area (Å²) in [4.78, 5) is 14.4. The van der Waals surface area contributed by atoms with Crippen molar-refractivity contribution in [2.45, 2.75) is 13.5 Å². The number of ether oxygens (including phenoxy) is 1. The lowest BCUT2D eigenvalue weighted by molar-refractivity contribution is 0.306. The van der Waals surface area contributed by atoms with Gasteiger partial charge in [0.2, 0.25) is 0 Å². The molecule has 0 spiro atoms. The van der Waals surface area contributed by atoms with E-state index in [0.29, 0.717) is 18.2 Å². The molecule has 34 heavy (non-hydrogen) atoms. The van der Waals surface area contributed by atoms with Gasteiger partial charge in [0.15, 0.2) is 11.6 Å². The molecule has 8 heteroatoms. The highest BCUT2D eigenvalue weighted by atomic mass is 16.5. The molecule has 0 bridgehead atoms. The number of piperazine rings is 1. The van der Waals surface area contributed by atoms with Crippen LogP contribution in [0.25, 0.3) is 11.4 Å². The Kier molecular flexibility index (Phi) is 6.40. The van der Waals surface area contributed by atoms with Gasteiger partial charge in [-0.15, -0.1) is 0 Å². The van der Waals surface area contributed by atoms with Crippen molar-refractivity contribution >= 4 is 17.5 Å². The van der Waals surface area contributed by atoms with Crippen molar-refractivity contribution in [2.24, 2.45) is 0 Å². The molecular weight excluding hydrogens is 426 g/mol. The summed E-state index contributed by atoms with van der Waals surface area (Å²) in [6.45, 7) is 6.34. The molecule has 2 aromatic heterocycles. The summed E-state index contributed by atoms with van der Waals surface area (Å²) in [6, 6.07) is 22.0. The van der Waals surface area contributed by atoms with E-state index >= 15 is 0 Å². The van der Waals surface area contributed by atoms with Gasteiger partial charge in [0.1, 0.15) is 24.0 Å². The molecule has 1 aliphatic heterocycles. The van der Waals surface area contributed by atoms with Crippen LogP contribution in [0.3, 0.4) is 0 Å². The quantitative estimate of drug-likeness (QED) is 0.431. The van der Waals surface area contributed by atoms with Crippen LogP contribution in [-0.2, 0) is 6.61 Å². The zero-order chi connectivity index (χ0) is 23.3. The van der Waals surface area contributed by atoms with Gasteiger partial charge < -0.3 is 19.9 Å². The van der Waals surface area contributed by atoms with Crippen LogP contribution in [0.2, 0.25) is 0 Å². The fourth-order valence-corrected chi connectivity index (χ4v) is 3.90. The van der Waals surface area contributed by atoms with Gasteiger partial charge in [-0.3, -0.25) is 5.10 Å². The number of aromatic amines is 1. The average Bonchev–Trinajstić information content (AvgIpc) is 3.28. The number of anilines is 3. The number of nitrogens with one attached hydrogen (secondary N) is 2. The summed E-state index contributed by atoms with van der Waals surface area (Å²) in [5.74, 6) is 3.78. The molecule has 4 aromatic rings. The number of H-pyrrole nitrogens is 1. The Morgan fingerprint density at radius 3 is 2.50 bits per heavy atom. The predicted molar refractivity (Wildman–Crippen MR) is 135 cm³/mol. The van der Waals surface area contributed by atoms with Crippen LogP contribution in [0.15, 0.2) is 66.7 Å². The lowest BCUT2D eigenvalue weighted by Crippen LogP contribution is -2.44. The Hall–Kier alpha value is -3.91. The van der Waals surface area contributed by atoms with Crippen LogP contribution < -0.4 is 15.0 Å². The Labute approximate surface area is 199 Å². The van der Waals surface area contributed by atoms with E-state index in [1.807, 2.05) is 61.5 Å². The van der Waals surface area contributed by atoms with Gasteiger partial charge in [0, 0.05) is 49.6 Å². The Morgan fingerprint density at radius 2 is 1.74 bits per heavy atom. The van der Waals surface area contributed by atoms with Gasteiger partial charge in [-0.1, -0.05) is 42.5 Å². The maximum Gasteiger partial charge on any atom is 0.164 e. The molecule has 0 atom stereocenters. The maximum atomic E-state index is 6.04. The highest BCUT2D eigenvalue weighted by Gasteiger charge is 2.18. The molecule has 1 saturated heterocycles. The second-order valence-corrected chi connectivity index (χ2v) is 8.59. The number of likely N-dealkylation sites (N-methyl/N-ethyl adjacent to an activating group) is 1. The van der Waals surface area contributed by atoms with Crippen LogP contribution in [0.5, 0.6) is 5.75 Å². The summed E-state index contributed by atoms with van der Waals surface area (Å²) in [5, 5.41) is 10.6. The summed E-state index contributed by atoms with van der Waals surface area (Å²) >= 11 is 0. The summed E-state index contributed by atoms with van der Waals surface area (Å²) in [7, 11) is 2.15. The second kappa shape index (κ2) is 9.93. The molecule has 3 heterocycles. The first-order valence-corrected chi connectivity index (χ1v) is 11.5. The minimum atomic E-state index is 0.512. The first-order valence-electron chi connectivity index (χ1n) is 11.5. The van der Waals surface area contributed by atoms with Crippen LogP contribution in [-0.4, -0.2) is 58.3 Å². The summed E-state index contributed by atoms with van der Waals surface area (Å²) in [5.41, 5.74) is 3.02. The van der Waals surface area contributed by atoms with Gasteiger partial charge in [-0.25, -0.2) is 9.97 Å². The number of aromatic nitrogens is 4. The van der Waals surface area contributed by atoms with Crippen molar-refractivity contribution in [3.63, 3.8) is 0 Å². The van der Waals surface area contributed by atoms with E-state index in [4.69, 9.17) is 14.7 Å². The van der Waals surface area contributed by atoms with Crippen molar-refractivity contribution in [3.05, 3.63) is 78.0 Å². The molecule has 0 unspecified atom stereocenters. The Bertz CT molecular complexity index is 1230. The highest BCUT2D eigenvalue weighted by molar-refractivity contribution is 5.65. The van der Waals surface area contributed by atoms with E-state index in [1.165, 1.54) is 0 Å². The lowest BCUT2D eigenvalue weighted by atomic mass is 10.2. The lowest BCUT2D eigenvalue weighted by Gasteiger charge is -2.33. The van der Waals surface area contributed by atoms with Gasteiger partial charge in [-0.05, 0) is 31.7 Å². The first kappa shape index (κ1) is 21.9. The molecule has 0 aliphatic carbocycles. The van der Waals surface area contributed by atoms with Gasteiger partial charge in [-0.2, -0.15) is 5.10 Å². The van der Waals surface area contributed by atoms with E-state index in [1.54, 1.807) is 0 Å². The van der Waals surface area contributed by atoms with Crippen molar-refractivity contribution in [3.8, 4) is 17.1 Å². The topological polar surface area (TPSA) is 82.2 Å². The molecule has 2 N–H and O–H groups in total. The van der Waals surface area contributed by atoms with E-state index in [9.17, 15) is 0 Å². The highest BCUT2D eigenvalue weighted by Crippen LogP contribution is 2.27. The molecular formula is C26H29N7O. The Balaban J connectivity index is 1.43. The number of hydrogen-bond acceptors (Lipinski definition) is 7. The van der Waals surface area contributed by atoms with Crippen LogP contribution in [0.1, 0.15) is 11.3 Å². The average molecular weight is 456 g/mol. The van der Waals surface area contributed by atoms with Crippen LogP contribution >= 0.6 is 0 Å². The van der Waals surface area contributed by atoms with Crippen LogP contribution in [0, 0.1) is 6.92 Å². The van der Waals surface area contributed by atoms with Crippen molar-refractivity contribution in [1.29, 1.82) is 0 Å². The zero-order valence-electron chi connectivity index (χ0n) is 19.5. The second-order valence-electron chi connectivity index (χ2n) is 8.59. The van der Waals surface area contributed by atoms with Crippen LogP contribution in [0.4, 0.5) is 17.5 Å². The standard InChI is InChI=1S/C26H29N7O/c1-19-15-24(31-30-19)27-23-17-25(33-13-11-32(2)12-14-33)29-26(28-23)21-9-6-10-22(16-21)34-18-20-7-4-3-5-8-20/h3-10,15-17H,11-14,18H2,1-2H3,(H2,27,28,29,30,31). The van der Waals surface area contributed by atoms with Gasteiger partial charge >= 0.3 is 0 Å². The monoisotopic (exact) mass is 455 g/mol. The number of nitrogens with zero attached hydrogens (tertiary/aromatic N) is 5. The summed E-state index contributed by atoms with van der Waals surface area (Å²) < 4.78 is 6.04. The maximum absolute atomic E-state index is 6.04. The fraction of sp³-hybridized carbons (Fsp3) is 0.269. The molecule has 8 nitrogen and oxygen atoms in total. The SMILES string of the molecule is Cc1cc(Nc2cc(N3CCN(C)CC3)nc(-c3cccc(OCc4ccccc4)c3)n2)n[nH]1.